The van der Waals surface area contributed by atoms with Gasteiger partial charge in [-0.2, -0.15) is 26.3 Å². The van der Waals surface area contributed by atoms with Crippen LogP contribution < -0.4 is 0 Å². The van der Waals surface area contributed by atoms with Gasteiger partial charge < -0.3 is 9.67 Å². The summed E-state index contributed by atoms with van der Waals surface area (Å²) < 4.78 is 87.6. The van der Waals surface area contributed by atoms with Gasteiger partial charge in [0.1, 0.15) is 0 Å². The highest BCUT2D eigenvalue weighted by molar-refractivity contribution is 5.91. The van der Waals surface area contributed by atoms with E-state index in [1.165, 1.54) is 53.6 Å². The van der Waals surface area contributed by atoms with Crippen molar-refractivity contribution in [2.45, 2.75) is 18.0 Å². The molecule has 0 aliphatic heterocycles. The van der Waals surface area contributed by atoms with Gasteiger partial charge in [0.25, 0.3) is 0 Å². The van der Waals surface area contributed by atoms with Gasteiger partial charge in [-0.25, -0.2) is 9.97 Å². The molecule has 0 saturated carbocycles. The molecule has 0 aliphatic carbocycles. The number of halogens is 6. The number of benzene rings is 2. The van der Waals surface area contributed by atoms with Crippen LogP contribution >= 0.6 is 0 Å². The van der Waals surface area contributed by atoms with Crippen LogP contribution in [-0.2, 0) is 25.0 Å². The second-order valence-corrected chi connectivity index (χ2v) is 8.62. The summed E-state index contributed by atoms with van der Waals surface area (Å²) in [5.74, 6) is 0. The molecule has 38 heavy (non-hydrogen) atoms. The Labute approximate surface area is 212 Å². The van der Waals surface area contributed by atoms with Crippen LogP contribution in [0.5, 0.6) is 0 Å². The summed E-state index contributed by atoms with van der Waals surface area (Å²) in [6.07, 6.45) is -6.22. The topological polar surface area (TPSA) is 63.8 Å². The molecule has 194 valence electrons. The van der Waals surface area contributed by atoms with E-state index in [1.807, 2.05) is 0 Å². The number of aromatic nitrogens is 4. The largest absolute Gasteiger partial charge is 0.433 e. The van der Waals surface area contributed by atoms with Crippen molar-refractivity contribution in [3.63, 3.8) is 0 Å². The quantitative estimate of drug-likeness (QED) is 0.276. The normalized spacial score (nSPS) is 14.0. The Morgan fingerprint density at radius 3 is 2.13 bits per heavy atom. The van der Waals surface area contributed by atoms with Crippen LogP contribution in [0.2, 0.25) is 0 Å². The van der Waals surface area contributed by atoms with Gasteiger partial charge in [0.15, 0.2) is 11.3 Å². The van der Waals surface area contributed by atoms with Gasteiger partial charge in [0.05, 0.1) is 35.0 Å². The second kappa shape index (κ2) is 8.95. The van der Waals surface area contributed by atoms with Gasteiger partial charge in [-0.3, -0.25) is 4.98 Å². The molecule has 1 atom stereocenters. The molecule has 0 bridgehead atoms. The number of nitrogens with zero attached hydrogens (tertiary/aromatic N) is 4. The van der Waals surface area contributed by atoms with Crippen molar-refractivity contribution < 1.29 is 31.4 Å². The third-order valence-electron chi connectivity index (χ3n) is 6.24. The van der Waals surface area contributed by atoms with E-state index in [1.54, 1.807) is 19.2 Å². The zero-order chi connectivity index (χ0) is 27.3. The first-order chi connectivity index (χ1) is 17.9. The van der Waals surface area contributed by atoms with Crippen molar-refractivity contribution in [2.75, 3.05) is 0 Å². The molecule has 0 aliphatic rings. The predicted molar refractivity (Wildman–Crippen MR) is 127 cm³/mol. The maximum Gasteiger partial charge on any atom is 0.433 e. The Bertz CT molecular complexity index is 1610. The molecule has 5 aromatic rings. The first-order valence-electron chi connectivity index (χ1n) is 11.2. The van der Waals surface area contributed by atoms with E-state index >= 15 is 0 Å². The summed E-state index contributed by atoms with van der Waals surface area (Å²) in [6, 6.07) is 14.5. The second-order valence-electron chi connectivity index (χ2n) is 8.62. The van der Waals surface area contributed by atoms with Gasteiger partial charge in [0, 0.05) is 24.2 Å². The number of aryl methyl sites for hydroxylation is 1. The fourth-order valence-corrected chi connectivity index (χ4v) is 4.58. The van der Waals surface area contributed by atoms with E-state index in [-0.39, 0.29) is 22.5 Å². The van der Waals surface area contributed by atoms with Gasteiger partial charge >= 0.3 is 12.4 Å². The van der Waals surface area contributed by atoms with Crippen LogP contribution in [0.25, 0.3) is 22.0 Å². The lowest BCUT2D eigenvalue weighted by molar-refractivity contribution is -0.143. The van der Waals surface area contributed by atoms with Crippen molar-refractivity contribution in [2.24, 2.45) is 7.05 Å². The maximum absolute atomic E-state index is 14.6. The number of rotatable bonds is 4. The lowest BCUT2D eigenvalue weighted by atomic mass is 9.84. The highest BCUT2D eigenvalue weighted by Gasteiger charge is 2.45. The molecule has 1 N–H and O–H groups in total. The molecule has 1 unspecified atom stereocenters. The molecule has 11 heteroatoms. The zero-order valence-corrected chi connectivity index (χ0v) is 19.6. The van der Waals surface area contributed by atoms with Crippen molar-refractivity contribution in [3.8, 4) is 11.1 Å². The average Bonchev–Trinajstić information content (AvgIpc) is 3.33. The summed E-state index contributed by atoms with van der Waals surface area (Å²) in [6.45, 7) is 0. The molecule has 2 aromatic carbocycles. The molecular weight excluding hydrogens is 510 g/mol. The molecule has 3 aromatic heterocycles. The number of pyridine rings is 2. The lowest BCUT2D eigenvalue weighted by Crippen LogP contribution is -2.32. The Balaban J connectivity index is 1.91. The standard InChI is InChI=1S/C27H18F6N4O/c1-37-15-34-14-21(37)25(38,20-9-5-6-12-35-20)17-10-11-19-18(13-17)23(26(28,29)30)22(16-7-3-2-4-8-16)24(36-19)27(31,32)33/h2-15,38H,1H3. The summed E-state index contributed by atoms with van der Waals surface area (Å²) in [5, 5.41) is 11.4. The van der Waals surface area contributed by atoms with Crippen molar-refractivity contribution in [1.82, 2.24) is 19.5 Å². The molecule has 0 fully saturated rings. The average molecular weight is 528 g/mol. The summed E-state index contributed by atoms with van der Waals surface area (Å²) >= 11 is 0. The van der Waals surface area contributed by atoms with Gasteiger partial charge in [-0.1, -0.05) is 42.5 Å². The molecule has 0 radical (unpaired) electrons. The van der Waals surface area contributed by atoms with Crippen LogP contribution in [0, 0.1) is 0 Å². The smallest absolute Gasteiger partial charge is 0.373 e. The molecular formula is C27H18F6N4O. The van der Waals surface area contributed by atoms with Gasteiger partial charge in [-0.15, -0.1) is 0 Å². The van der Waals surface area contributed by atoms with E-state index in [0.717, 1.165) is 24.3 Å². The molecule has 5 rings (SSSR count). The fraction of sp³-hybridized carbons (Fsp3) is 0.148. The Kier molecular flexibility index (Phi) is 5.98. The summed E-state index contributed by atoms with van der Waals surface area (Å²) in [4.78, 5) is 11.9. The van der Waals surface area contributed by atoms with E-state index < -0.39 is 45.7 Å². The Morgan fingerprint density at radius 2 is 1.55 bits per heavy atom. The molecule has 3 heterocycles. The fourth-order valence-electron chi connectivity index (χ4n) is 4.58. The van der Waals surface area contributed by atoms with E-state index in [2.05, 4.69) is 15.0 Å². The minimum atomic E-state index is -5.19. The highest BCUT2D eigenvalue weighted by Crippen LogP contribution is 2.48. The highest BCUT2D eigenvalue weighted by atomic mass is 19.4. The third kappa shape index (κ3) is 4.18. The number of fused-ring (bicyclic) bond motifs is 1. The molecule has 0 amide bonds. The van der Waals surface area contributed by atoms with Crippen molar-refractivity contribution in [1.29, 1.82) is 0 Å². The van der Waals surface area contributed by atoms with Crippen LogP contribution in [0.4, 0.5) is 26.3 Å². The van der Waals surface area contributed by atoms with Crippen molar-refractivity contribution in [3.05, 3.63) is 114 Å². The number of aliphatic hydroxyl groups is 1. The lowest BCUT2D eigenvalue weighted by Gasteiger charge is -2.29. The minimum Gasteiger partial charge on any atom is -0.373 e. The number of imidazole rings is 1. The van der Waals surface area contributed by atoms with E-state index in [4.69, 9.17) is 0 Å². The third-order valence-corrected chi connectivity index (χ3v) is 6.24. The predicted octanol–water partition coefficient (Wildman–Crippen LogP) is 6.35. The van der Waals surface area contributed by atoms with Crippen LogP contribution in [0.3, 0.4) is 0 Å². The summed E-state index contributed by atoms with van der Waals surface area (Å²) in [7, 11) is 1.59. The molecule has 0 saturated heterocycles. The van der Waals surface area contributed by atoms with Crippen molar-refractivity contribution >= 4 is 10.9 Å². The molecule has 5 nitrogen and oxygen atoms in total. The number of hydrogen-bond acceptors (Lipinski definition) is 4. The monoisotopic (exact) mass is 528 g/mol. The molecule has 0 spiro atoms. The Hall–Kier alpha value is -4.25. The van der Waals surface area contributed by atoms with E-state index in [9.17, 15) is 31.4 Å². The van der Waals surface area contributed by atoms with Crippen LogP contribution in [-0.4, -0.2) is 24.6 Å². The minimum absolute atomic E-state index is 0.0571. The number of hydrogen-bond donors (Lipinski definition) is 1. The SMILES string of the molecule is Cn1cncc1C(O)(c1ccc2nc(C(F)(F)F)c(-c3ccccc3)c(C(F)(F)F)c2c1)c1ccccn1. The first-order valence-corrected chi connectivity index (χ1v) is 11.2. The maximum atomic E-state index is 14.6. The zero-order valence-electron chi connectivity index (χ0n) is 19.6. The van der Waals surface area contributed by atoms with Gasteiger partial charge in [0.2, 0.25) is 0 Å². The van der Waals surface area contributed by atoms with E-state index in [0.29, 0.717) is 0 Å². The van der Waals surface area contributed by atoms with Crippen LogP contribution in [0.1, 0.15) is 28.2 Å². The van der Waals surface area contributed by atoms with Crippen LogP contribution in [0.15, 0.2) is 85.5 Å². The first kappa shape index (κ1) is 25.4. The summed E-state index contributed by atoms with van der Waals surface area (Å²) in [5.41, 5.74) is -6.93. The Morgan fingerprint density at radius 1 is 0.842 bits per heavy atom. The van der Waals surface area contributed by atoms with Gasteiger partial charge in [-0.05, 0) is 35.4 Å². The number of alkyl halides is 6.